The van der Waals surface area contributed by atoms with Gasteiger partial charge >= 0.3 is 5.97 Å². The number of para-hydroxylation sites is 2. The third-order valence-electron chi connectivity index (χ3n) is 2.34. The van der Waals surface area contributed by atoms with Crippen LogP contribution in [0.4, 0.5) is 11.4 Å². The summed E-state index contributed by atoms with van der Waals surface area (Å²) in [6.45, 7) is -0.374. The van der Waals surface area contributed by atoms with Gasteiger partial charge in [-0.25, -0.2) is 0 Å². The van der Waals surface area contributed by atoms with Gasteiger partial charge in [0.05, 0.1) is 11.4 Å². The molecule has 3 N–H and O–H groups in total. The van der Waals surface area contributed by atoms with Crippen molar-refractivity contribution in [2.24, 2.45) is 0 Å². The molecule has 0 saturated heterocycles. The van der Waals surface area contributed by atoms with E-state index in [1.54, 1.807) is 24.3 Å². The molecule has 0 radical (unpaired) electrons. The second-order valence-electron chi connectivity index (χ2n) is 3.68. The van der Waals surface area contributed by atoms with Crippen molar-refractivity contribution in [2.75, 3.05) is 29.2 Å². The van der Waals surface area contributed by atoms with E-state index in [1.807, 2.05) is 6.26 Å². The Morgan fingerprint density at radius 3 is 2.61 bits per heavy atom. The number of hydrogen-bond acceptors (Lipinski definition) is 4. The van der Waals surface area contributed by atoms with Crippen molar-refractivity contribution < 1.29 is 14.7 Å². The summed E-state index contributed by atoms with van der Waals surface area (Å²) >= 11 is 1.54. The number of carboxylic acids is 1. The summed E-state index contributed by atoms with van der Waals surface area (Å²) in [5.41, 5.74) is 6.62. The molecule has 0 unspecified atom stereocenters. The van der Waals surface area contributed by atoms with Crippen LogP contribution < -0.4 is 10.6 Å². The minimum atomic E-state index is -1.06. The maximum absolute atomic E-state index is 12.0. The highest BCUT2D eigenvalue weighted by atomic mass is 32.2. The second-order valence-corrected chi connectivity index (χ2v) is 4.66. The third kappa shape index (κ3) is 3.96. The molecule has 1 aromatic carbocycles. The Morgan fingerprint density at radius 2 is 2.06 bits per heavy atom. The predicted molar refractivity (Wildman–Crippen MR) is 73.8 cm³/mol. The molecule has 0 aliphatic heterocycles. The van der Waals surface area contributed by atoms with Crippen LogP contribution >= 0.6 is 11.8 Å². The van der Waals surface area contributed by atoms with Crippen LogP contribution in [0, 0.1) is 0 Å². The summed E-state index contributed by atoms with van der Waals surface area (Å²) in [6, 6.07) is 6.76. The number of nitrogens with two attached hydrogens (primary N) is 1. The average Bonchev–Trinajstić information content (AvgIpc) is 2.34. The summed E-state index contributed by atoms with van der Waals surface area (Å²) in [5, 5.41) is 8.87. The number of amides is 1. The van der Waals surface area contributed by atoms with E-state index in [-0.39, 0.29) is 12.5 Å². The van der Waals surface area contributed by atoms with E-state index in [0.717, 1.165) is 0 Å². The maximum atomic E-state index is 12.0. The van der Waals surface area contributed by atoms with Gasteiger partial charge in [-0.05, 0) is 18.4 Å². The highest BCUT2D eigenvalue weighted by molar-refractivity contribution is 7.98. The summed E-state index contributed by atoms with van der Waals surface area (Å²) in [4.78, 5) is 24.0. The third-order valence-corrected chi connectivity index (χ3v) is 2.95. The van der Waals surface area contributed by atoms with Gasteiger partial charge in [-0.15, -0.1) is 0 Å². The van der Waals surface area contributed by atoms with Gasteiger partial charge in [0.1, 0.15) is 6.54 Å². The lowest BCUT2D eigenvalue weighted by Gasteiger charge is -2.22. The van der Waals surface area contributed by atoms with Gasteiger partial charge < -0.3 is 10.8 Å². The highest BCUT2D eigenvalue weighted by Gasteiger charge is 2.19. The van der Waals surface area contributed by atoms with Crippen molar-refractivity contribution in [1.29, 1.82) is 0 Å². The molecule has 0 bridgehead atoms. The number of hydrogen-bond donors (Lipinski definition) is 2. The number of benzene rings is 1. The van der Waals surface area contributed by atoms with Crippen LogP contribution in [0.1, 0.15) is 6.42 Å². The van der Waals surface area contributed by atoms with Crippen LogP contribution in [0.25, 0.3) is 0 Å². The van der Waals surface area contributed by atoms with Gasteiger partial charge in [0.2, 0.25) is 5.91 Å². The number of aliphatic carboxylic acids is 1. The standard InChI is InChI=1S/C12H16N2O3S/c1-18-7-6-11(15)14(8-12(16)17)10-5-3-2-4-9(10)13/h2-5H,6-8,13H2,1H3,(H,16,17). The van der Waals surface area contributed by atoms with Crippen LogP contribution in [0.15, 0.2) is 24.3 Å². The van der Waals surface area contributed by atoms with Crippen LogP contribution in [-0.2, 0) is 9.59 Å². The van der Waals surface area contributed by atoms with E-state index in [0.29, 0.717) is 23.5 Å². The molecule has 0 aliphatic rings. The van der Waals surface area contributed by atoms with Crippen molar-refractivity contribution in [3.63, 3.8) is 0 Å². The Labute approximate surface area is 110 Å². The molecule has 18 heavy (non-hydrogen) atoms. The largest absolute Gasteiger partial charge is 0.480 e. The first-order chi connectivity index (χ1) is 8.56. The van der Waals surface area contributed by atoms with Crippen LogP contribution in [0.2, 0.25) is 0 Å². The van der Waals surface area contributed by atoms with Crippen molar-refractivity contribution in [2.45, 2.75) is 6.42 Å². The first kappa shape index (κ1) is 14.4. The molecule has 98 valence electrons. The summed E-state index contributed by atoms with van der Waals surface area (Å²) in [7, 11) is 0. The fraction of sp³-hybridized carbons (Fsp3) is 0.333. The zero-order valence-electron chi connectivity index (χ0n) is 10.1. The summed E-state index contributed by atoms with van der Waals surface area (Å²) in [5.74, 6) is -0.637. The van der Waals surface area contributed by atoms with E-state index in [1.165, 1.54) is 16.7 Å². The van der Waals surface area contributed by atoms with Crippen LogP contribution in [0.3, 0.4) is 0 Å². The Kier molecular flexibility index (Phi) is 5.51. The molecule has 1 aromatic rings. The van der Waals surface area contributed by atoms with E-state index in [4.69, 9.17) is 10.8 Å². The normalized spacial score (nSPS) is 10.1. The molecular weight excluding hydrogens is 252 g/mol. The molecule has 0 saturated carbocycles. The molecule has 0 aliphatic carbocycles. The molecule has 5 nitrogen and oxygen atoms in total. The fourth-order valence-electron chi connectivity index (χ4n) is 1.50. The van der Waals surface area contributed by atoms with Gasteiger partial charge in [0, 0.05) is 12.2 Å². The molecule has 0 aromatic heterocycles. The van der Waals surface area contributed by atoms with Gasteiger partial charge in [-0.3, -0.25) is 14.5 Å². The number of rotatable bonds is 6. The Balaban J connectivity index is 2.94. The summed E-state index contributed by atoms with van der Waals surface area (Å²) in [6.07, 6.45) is 2.19. The lowest BCUT2D eigenvalue weighted by Crippen LogP contribution is -2.36. The first-order valence-corrected chi connectivity index (χ1v) is 6.81. The van der Waals surface area contributed by atoms with E-state index < -0.39 is 5.97 Å². The molecule has 0 spiro atoms. The lowest BCUT2D eigenvalue weighted by molar-refractivity contribution is -0.136. The zero-order chi connectivity index (χ0) is 13.5. The lowest BCUT2D eigenvalue weighted by atomic mass is 10.2. The number of carbonyl (C=O) groups is 2. The SMILES string of the molecule is CSCCC(=O)N(CC(=O)O)c1ccccc1N. The average molecular weight is 268 g/mol. The highest BCUT2D eigenvalue weighted by Crippen LogP contribution is 2.23. The quantitative estimate of drug-likeness (QED) is 0.763. The van der Waals surface area contributed by atoms with Crippen molar-refractivity contribution in [1.82, 2.24) is 0 Å². The molecular formula is C12H16N2O3S. The van der Waals surface area contributed by atoms with Gasteiger partial charge in [0.25, 0.3) is 0 Å². The van der Waals surface area contributed by atoms with Crippen LogP contribution in [0.5, 0.6) is 0 Å². The second kappa shape index (κ2) is 6.90. The molecule has 0 heterocycles. The Hall–Kier alpha value is -1.69. The van der Waals surface area contributed by atoms with E-state index >= 15 is 0 Å². The zero-order valence-corrected chi connectivity index (χ0v) is 10.9. The molecule has 1 amide bonds. The first-order valence-electron chi connectivity index (χ1n) is 5.42. The van der Waals surface area contributed by atoms with E-state index in [9.17, 15) is 9.59 Å². The summed E-state index contributed by atoms with van der Waals surface area (Å²) < 4.78 is 0. The van der Waals surface area contributed by atoms with Gasteiger partial charge in [-0.2, -0.15) is 11.8 Å². The Morgan fingerprint density at radius 1 is 1.39 bits per heavy atom. The van der Waals surface area contributed by atoms with E-state index in [2.05, 4.69) is 0 Å². The smallest absolute Gasteiger partial charge is 0.323 e. The molecule has 0 fully saturated rings. The molecule has 1 rings (SSSR count). The number of anilines is 2. The minimum Gasteiger partial charge on any atom is -0.480 e. The maximum Gasteiger partial charge on any atom is 0.323 e. The topological polar surface area (TPSA) is 83.6 Å². The van der Waals surface area contributed by atoms with Gasteiger partial charge in [-0.1, -0.05) is 12.1 Å². The van der Waals surface area contributed by atoms with Crippen molar-refractivity contribution in [3.8, 4) is 0 Å². The number of nitrogen functional groups attached to an aromatic ring is 1. The fourth-order valence-corrected chi connectivity index (χ4v) is 1.88. The number of carboxylic acid groups (broad SMARTS) is 1. The van der Waals surface area contributed by atoms with Crippen molar-refractivity contribution >= 4 is 35.0 Å². The number of thioether (sulfide) groups is 1. The van der Waals surface area contributed by atoms with Gasteiger partial charge in [0.15, 0.2) is 0 Å². The number of carbonyl (C=O) groups excluding carboxylic acids is 1. The van der Waals surface area contributed by atoms with Crippen molar-refractivity contribution in [3.05, 3.63) is 24.3 Å². The molecule has 6 heteroatoms. The monoisotopic (exact) mass is 268 g/mol. The Bertz CT molecular complexity index is 437. The van der Waals surface area contributed by atoms with Crippen LogP contribution in [-0.4, -0.2) is 35.5 Å². The molecule has 0 atom stereocenters. The predicted octanol–water partition coefficient (Wildman–Crippen LogP) is 1.44. The minimum absolute atomic E-state index is 0.232. The number of nitrogens with zero attached hydrogens (tertiary/aromatic N) is 1.